The molecule has 1 unspecified atom stereocenters. The molecule has 3 heterocycles. The van der Waals surface area contributed by atoms with Gasteiger partial charge in [0.05, 0.1) is 22.5 Å². The predicted molar refractivity (Wildman–Crippen MR) is 122 cm³/mol. The number of aromatic nitrogens is 2. The van der Waals surface area contributed by atoms with Crippen LogP contribution in [0.4, 0.5) is 0 Å². The minimum absolute atomic E-state index is 0.0466. The second-order valence-corrected chi connectivity index (χ2v) is 9.78. The summed E-state index contributed by atoms with van der Waals surface area (Å²) >= 11 is 1.63. The van der Waals surface area contributed by atoms with E-state index in [1.54, 1.807) is 11.3 Å². The standard InChI is InChI=1S/C24H28N4O2S/c1-27-19-8-4-3-7-18(19)26-22(27)15-25-23(29)16-9-10-20-17(13-16)14-21(31-20)24(30)28-11-5-2-6-12-28/h3-4,7-8,14,16H,2,5-6,9-13,15H2,1H3,(H,25,29). The molecule has 162 valence electrons. The van der Waals surface area contributed by atoms with E-state index in [1.165, 1.54) is 16.9 Å². The van der Waals surface area contributed by atoms with Gasteiger partial charge in [-0.1, -0.05) is 12.1 Å². The number of imidazole rings is 1. The second-order valence-electron chi connectivity index (χ2n) is 8.65. The van der Waals surface area contributed by atoms with Crippen LogP contribution in [0.15, 0.2) is 30.3 Å². The number of para-hydroxylation sites is 2. The normalized spacial score (nSPS) is 18.7. The van der Waals surface area contributed by atoms with Gasteiger partial charge >= 0.3 is 0 Å². The number of aryl methyl sites for hydroxylation is 2. The molecule has 1 atom stereocenters. The number of hydrogen-bond acceptors (Lipinski definition) is 4. The Bertz CT molecular complexity index is 1130. The van der Waals surface area contributed by atoms with Crippen LogP contribution in [-0.2, 0) is 31.2 Å². The van der Waals surface area contributed by atoms with E-state index in [9.17, 15) is 9.59 Å². The molecule has 1 saturated heterocycles. The lowest BCUT2D eigenvalue weighted by Crippen LogP contribution is -2.35. The number of rotatable bonds is 4. The molecule has 0 saturated carbocycles. The maximum atomic E-state index is 12.9. The molecule has 0 spiro atoms. The van der Waals surface area contributed by atoms with Crippen LogP contribution < -0.4 is 5.32 Å². The summed E-state index contributed by atoms with van der Waals surface area (Å²) in [6.07, 6.45) is 5.84. The van der Waals surface area contributed by atoms with E-state index in [-0.39, 0.29) is 17.7 Å². The molecule has 31 heavy (non-hydrogen) atoms. The summed E-state index contributed by atoms with van der Waals surface area (Å²) in [6.45, 7) is 2.17. The third kappa shape index (κ3) is 3.99. The smallest absolute Gasteiger partial charge is 0.263 e. The molecule has 2 aliphatic rings. The summed E-state index contributed by atoms with van der Waals surface area (Å²) in [5.41, 5.74) is 3.19. The Labute approximate surface area is 186 Å². The van der Waals surface area contributed by atoms with E-state index in [2.05, 4.69) is 10.3 Å². The predicted octanol–water partition coefficient (Wildman–Crippen LogP) is 3.68. The molecule has 2 aromatic heterocycles. The van der Waals surface area contributed by atoms with Crippen molar-refractivity contribution in [3.05, 3.63) is 51.5 Å². The van der Waals surface area contributed by atoms with Crippen molar-refractivity contribution >= 4 is 34.2 Å². The Morgan fingerprint density at radius 2 is 2.00 bits per heavy atom. The van der Waals surface area contributed by atoms with Crippen LogP contribution in [0.1, 0.15) is 51.6 Å². The zero-order chi connectivity index (χ0) is 21.4. The summed E-state index contributed by atoms with van der Waals surface area (Å²) in [4.78, 5) is 34.5. The first kappa shape index (κ1) is 20.2. The summed E-state index contributed by atoms with van der Waals surface area (Å²) < 4.78 is 2.03. The minimum Gasteiger partial charge on any atom is -0.349 e. The first-order valence-corrected chi connectivity index (χ1v) is 12.0. The second kappa shape index (κ2) is 8.46. The Hall–Kier alpha value is -2.67. The van der Waals surface area contributed by atoms with E-state index in [1.807, 2.05) is 46.8 Å². The average Bonchev–Trinajstić information content (AvgIpc) is 3.38. The summed E-state index contributed by atoms with van der Waals surface area (Å²) in [5.74, 6) is 1.06. The number of amides is 2. The largest absolute Gasteiger partial charge is 0.349 e. The third-order valence-electron chi connectivity index (χ3n) is 6.61. The number of piperidine rings is 1. The Balaban J connectivity index is 1.22. The molecule has 1 N–H and O–H groups in total. The van der Waals surface area contributed by atoms with E-state index < -0.39 is 0 Å². The van der Waals surface area contributed by atoms with Crippen LogP contribution in [-0.4, -0.2) is 39.4 Å². The van der Waals surface area contributed by atoms with Gasteiger partial charge in [-0.25, -0.2) is 4.98 Å². The lowest BCUT2D eigenvalue weighted by Gasteiger charge is -2.26. The number of nitrogens with zero attached hydrogens (tertiary/aromatic N) is 3. The number of fused-ring (bicyclic) bond motifs is 2. The van der Waals surface area contributed by atoms with Gasteiger partial charge in [0.1, 0.15) is 5.82 Å². The molecule has 1 aliphatic carbocycles. The topological polar surface area (TPSA) is 67.2 Å². The lowest BCUT2D eigenvalue weighted by molar-refractivity contribution is -0.125. The van der Waals surface area contributed by atoms with Gasteiger partial charge in [-0.05, 0) is 62.3 Å². The molecule has 1 aromatic carbocycles. The molecule has 5 rings (SSSR count). The van der Waals surface area contributed by atoms with E-state index >= 15 is 0 Å². The van der Waals surface area contributed by atoms with Crippen LogP contribution in [0.25, 0.3) is 11.0 Å². The van der Waals surface area contributed by atoms with Crippen LogP contribution in [0.3, 0.4) is 0 Å². The van der Waals surface area contributed by atoms with Crippen LogP contribution in [0.5, 0.6) is 0 Å². The number of nitrogens with one attached hydrogen (secondary N) is 1. The highest BCUT2D eigenvalue weighted by Gasteiger charge is 2.29. The number of carbonyl (C=O) groups excluding carboxylic acids is 2. The highest BCUT2D eigenvalue weighted by molar-refractivity contribution is 7.14. The van der Waals surface area contributed by atoms with Crippen molar-refractivity contribution in [2.45, 2.75) is 45.1 Å². The first-order valence-electron chi connectivity index (χ1n) is 11.2. The Kier molecular flexibility index (Phi) is 5.52. The molecule has 6 nitrogen and oxygen atoms in total. The maximum Gasteiger partial charge on any atom is 0.263 e. The summed E-state index contributed by atoms with van der Waals surface area (Å²) in [5, 5.41) is 3.09. The Morgan fingerprint density at radius 3 is 2.81 bits per heavy atom. The fraction of sp³-hybridized carbons (Fsp3) is 0.458. The number of benzene rings is 1. The lowest BCUT2D eigenvalue weighted by atomic mass is 9.87. The monoisotopic (exact) mass is 436 g/mol. The number of thiophene rings is 1. The van der Waals surface area contributed by atoms with E-state index in [0.29, 0.717) is 13.0 Å². The van der Waals surface area contributed by atoms with Gasteiger partial charge in [-0.2, -0.15) is 0 Å². The highest BCUT2D eigenvalue weighted by Crippen LogP contribution is 2.33. The quantitative estimate of drug-likeness (QED) is 0.678. The Morgan fingerprint density at radius 1 is 1.19 bits per heavy atom. The van der Waals surface area contributed by atoms with Gasteiger partial charge < -0.3 is 14.8 Å². The van der Waals surface area contributed by atoms with E-state index in [4.69, 9.17) is 0 Å². The maximum absolute atomic E-state index is 12.9. The van der Waals surface area contributed by atoms with Gasteiger partial charge in [0.2, 0.25) is 5.91 Å². The van der Waals surface area contributed by atoms with Crippen molar-refractivity contribution in [3.8, 4) is 0 Å². The highest BCUT2D eigenvalue weighted by atomic mass is 32.1. The van der Waals surface area contributed by atoms with Gasteiger partial charge in [0.15, 0.2) is 0 Å². The molecule has 2 amide bonds. The van der Waals surface area contributed by atoms with Crippen molar-refractivity contribution in [2.24, 2.45) is 13.0 Å². The average molecular weight is 437 g/mol. The number of hydrogen-bond donors (Lipinski definition) is 1. The minimum atomic E-state index is -0.0466. The van der Waals surface area contributed by atoms with Crippen LogP contribution >= 0.6 is 11.3 Å². The SMILES string of the molecule is Cn1c(CNC(=O)C2CCc3sc(C(=O)N4CCCCC4)cc3C2)nc2ccccc21. The van der Waals surface area contributed by atoms with Gasteiger partial charge in [-0.3, -0.25) is 9.59 Å². The number of likely N-dealkylation sites (tertiary alicyclic amines) is 1. The van der Waals surface area contributed by atoms with Gasteiger partial charge in [0.25, 0.3) is 5.91 Å². The molecule has 1 fully saturated rings. The van der Waals surface area contributed by atoms with Crippen molar-refractivity contribution in [2.75, 3.05) is 13.1 Å². The van der Waals surface area contributed by atoms with Gasteiger partial charge in [0, 0.05) is 30.9 Å². The summed E-state index contributed by atoms with van der Waals surface area (Å²) in [6, 6.07) is 10.0. The van der Waals surface area contributed by atoms with Crippen molar-refractivity contribution in [1.29, 1.82) is 0 Å². The first-order chi connectivity index (χ1) is 15.1. The fourth-order valence-electron chi connectivity index (χ4n) is 4.77. The molecule has 0 bridgehead atoms. The molecular weight excluding hydrogens is 408 g/mol. The van der Waals surface area contributed by atoms with Crippen LogP contribution in [0.2, 0.25) is 0 Å². The molecule has 0 radical (unpaired) electrons. The molecular formula is C24H28N4O2S. The summed E-state index contributed by atoms with van der Waals surface area (Å²) in [7, 11) is 1.98. The zero-order valence-electron chi connectivity index (χ0n) is 17.9. The van der Waals surface area contributed by atoms with Gasteiger partial charge in [-0.15, -0.1) is 11.3 Å². The zero-order valence-corrected chi connectivity index (χ0v) is 18.7. The van der Waals surface area contributed by atoms with Crippen molar-refractivity contribution < 1.29 is 9.59 Å². The number of carbonyl (C=O) groups is 2. The third-order valence-corrected chi connectivity index (χ3v) is 7.83. The van der Waals surface area contributed by atoms with Crippen molar-refractivity contribution in [3.63, 3.8) is 0 Å². The van der Waals surface area contributed by atoms with Crippen LogP contribution in [0, 0.1) is 5.92 Å². The molecule has 1 aliphatic heterocycles. The van der Waals surface area contributed by atoms with E-state index in [0.717, 1.165) is 60.5 Å². The molecule has 3 aromatic rings. The molecule has 7 heteroatoms. The fourth-order valence-corrected chi connectivity index (χ4v) is 5.95. The van der Waals surface area contributed by atoms with Crippen molar-refractivity contribution in [1.82, 2.24) is 19.8 Å².